The van der Waals surface area contributed by atoms with Gasteiger partial charge in [-0.3, -0.25) is 4.79 Å². The molecule has 0 unspecified atom stereocenters. The third-order valence-corrected chi connectivity index (χ3v) is 5.01. The summed E-state index contributed by atoms with van der Waals surface area (Å²) in [5.41, 5.74) is 0.682. The molecule has 1 atom stereocenters. The highest BCUT2D eigenvalue weighted by Gasteiger charge is 2.26. The van der Waals surface area contributed by atoms with Crippen molar-refractivity contribution in [3.63, 3.8) is 0 Å². The second-order valence-electron chi connectivity index (χ2n) is 5.73. The van der Waals surface area contributed by atoms with Crippen molar-refractivity contribution in [3.8, 4) is 23.0 Å². The van der Waals surface area contributed by atoms with Gasteiger partial charge in [-0.2, -0.15) is 0 Å². The normalized spacial score (nSPS) is 15.2. The maximum absolute atomic E-state index is 12.4. The smallest absolute Gasteiger partial charge is 0.277 e. The number of ether oxygens (including phenoxy) is 2. The molecule has 1 aliphatic heterocycles. The highest BCUT2D eigenvalue weighted by atomic mass is 32.2. The van der Waals surface area contributed by atoms with Crippen molar-refractivity contribution >= 4 is 17.7 Å². The van der Waals surface area contributed by atoms with Crippen molar-refractivity contribution in [2.24, 2.45) is 0 Å². The Morgan fingerprint density at radius 3 is 2.68 bits per heavy atom. The number of thioether (sulfide) groups is 1. The lowest BCUT2D eigenvalue weighted by Gasteiger charge is -2.18. The van der Waals surface area contributed by atoms with E-state index in [1.165, 1.54) is 11.8 Å². The zero-order valence-corrected chi connectivity index (χ0v) is 15.3. The lowest BCUT2D eigenvalue weighted by Crippen LogP contribution is -2.34. The van der Waals surface area contributed by atoms with Gasteiger partial charge in [-0.15, -0.1) is 10.2 Å². The molecule has 1 aromatic heterocycles. The van der Waals surface area contributed by atoms with E-state index in [-0.39, 0.29) is 11.2 Å². The molecule has 25 heavy (non-hydrogen) atoms. The summed E-state index contributed by atoms with van der Waals surface area (Å²) >= 11 is 1.28. The van der Waals surface area contributed by atoms with Crippen molar-refractivity contribution in [2.45, 2.75) is 30.2 Å². The molecule has 0 bridgehead atoms. The number of carbonyl (C=O) groups is 1. The Morgan fingerprint density at radius 1 is 1.24 bits per heavy atom. The van der Waals surface area contributed by atoms with Crippen LogP contribution in [0.15, 0.2) is 27.8 Å². The van der Waals surface area contributed by atoms with E-state index in [2.05, 4.69) is 10.2 Å². The standard InChI is InChI=1S/C17H21N3O4S/c1-11(16(21)20-8-4-5-9-20)25-17-19-18-15(24-17)13-7-6-12(22-2)10-14(13)23-3/h6-7,10-11H,4-5,8-9H2,1-3H3/t11-/m0/s1. The van der Waals surface area contributed by atoms with Crippen LogP contribution in [0.2, 0.25) is 0 Å². The summed E-state index contributed by atoms with van der Waals surface area (Å²) in [6, 6.07) is 5.36. The molecule has 1 aliphatic rings. The molecule has 3 rings (SSSR count). The van der Waals surface area contributed by atoms with E-state index >= 15 is 0 Å². The summed E-state index contributed by atoms with van der Waals surface area (Å²) in [5, 5.41) is 8.23. The predicted molar refractivity (Wildman–Crippen MR) is 94.0 cm³/mol. The molecule has 1 fully saturated rings. The van der Waals surface area contributed by atoms with E-state index in [0.29, 0.717) is 28.2 Å². The number of rotatable bonds is 6. The number of hydrogen-bond donors (Lipinski definition) is 0. The topological polar surface area (TPSA) is 77.7 Å². The first kappa shape index (κ1) is 17.6. The van der Waals surface area contributed by atoms with Crippen molar-refractivity contribution < 1.29 is 18.7 Å². The summed E-state index contributed by atoms with van der Waals surface area (Å²) in [4.78, 5) is 14.3. The SMILES string of the molecule is COc1ccc(-c2nnc(S[C@@H](C)C(=O)N3CCCC3)o2)c(OC)c1. The van der Waals surface area contributed by atoms with Crippen molar-refractivity contribution in [1.82, 2.24) is 15.1 Å². The van der Waals surface area contributed by atoms with Crippen LogP contribution in [-0.2, 0) is 4.79 Å². The zero-order valence-electron chi connectivity index (χ0n) is 14.5. The molecule has 1 aromatic carbocycles. The molecule has 7 nitrogen and oxygen atoms in total. The summed E-state index contributed by atoms with van der Waals surface area (Å²) in [6.07, 6.45) is 2.15. The zero-order chi connectivity index (χ0) is 17.8. The number of amides is 1. The Bertz CT molecular complexity index is 743. The number of carbonyl (C=O) groups excluding carboxylic acids is 1. The first-order valence-corrected chi connectivity index (χ1v) is 9.01. The van der Waals surface area contributed by atoms with Gasteiger partial charge in [-0.1, -0.05) is 11.8 Å². The molecule has 0 aliphatic carbocycles. The highest BCUT2D eigenvalue weighted by molar-refractivity contribution is 8.00. The third-order valence-electron chi connectivity index (χ3n) is 4.09. The van der Waals surface area contributed by atoms with Gasteiger partial charge < -0.3 is 18.8 Å². The van der Waals surface area contributed by atoms with Gasteiger partial charge in [-0.05, 0) is 31.9 Å². The summed E-state index contributed by atoms with van der Waals surface area (Å²) in [6.45, 7) is 3.53. The molecular weight excluding hydrogens is 342 g/mol. The molecule has 2 aromatic rings. The summed E-state index contributed by atoms with van der Waals surface area (Å²) < 4.78 is 16.3. The van der Waals surface area contributed by atoms with Crippen LogP contribution >= 0.6 is 11.8 Å². The van der Waals surface area contributed by atoms with Gasteiger partial charge in [0.05, 0.1) is 25.0 Å². The molecule has 0 radical (unpaired) electrons. The van der Waals surface area contributed by atoms with E-state index in [4.69, 9.17) is 13.9 Å². The fourth-order valence-corrected chi connectivity index (χ4v) is 3.51. The number of nitrogens with zero attached hydrogens (tertiary/aromatic N) is 3. The average molecular weight is 363 g/mol. The van der Waals surface area contributed by atoms with Gasteiger partial charge in [0.25, 0.3) is 11.1 Å². The highest BCUT2D eigenvalue weighted by Crippen LogP contribution is 2.34. The van der Waals surface area contributed by atoms with Crippen LogP contribution in [0.25, 0.3) is 11.5 Å². The fourth-order valence-electron chi connectivity index (χ4n) is 2.74. The maximum Gasteiger partial charge on any atom is 0.277 e. The monoisotopic (exact) mass is 363 g/mol. The van der Waals surface area contributed by atoms with E-state index in [0.717, 1.165) is 25.9 Å². The third kappa shape index (κ3) is 3.89. The minimum absolute atomic E-state index is 0.115. The summed E-state index contributed by atoms with van der Waals surface area (Å²) in [7, 11) is 3.16. The number of likely N-dealkylation sites (tertiary alicyclic amines) is 1. The Labute approximate surface area is 150 Å². The Morgan fingerprint density at radius 2 is 2.00 bits per heavy atom. The van der Waals surface area contributed by atoms with Gasteiger partial charge in [0, 0.05) is 19.2 Å². The number of benzene rings is 1. The molecule has 1 saturated heterocycles. The minimum Gasteiger partial charge on any atom is -0.497 e. The van der Waals surface area contributed by atoms with Gasteiger partial charge in [0.15, 0.2) is 0 Å². The minimum atomic E-state index is -0.260. The first-order valence-electron chi connectivity index (χ1n) is 8.13. The number of methoxy groups -OCH3 is 2. The number of hydrogen-bond acceptors (Lipinski definition) is 7. The van der Waals surface area contributed by atoms with Crippen molar-refractivity contribution in [3.05, 3.63) is 18.2 Å². The van der Waals surface area contributed by atoms with E-state index in [9.17, 15) is 4.79 Å². The van der Waals surface area contributed by atoms with Gasteiger partial charge in [-0.25, -0.2) is 0 Å². The van der Waals surface area contributed by atoms with E-state index < -0.39 is 0 Å². The fraction of sp³-hybridized carbons (Fsp3) is 0.471. The second-order valence-corrected chi connectivity index (χ2v) is 7.02. The van der Waals surface area contributed by atoms with Crippen LogP contribution in [0.3, 0.4) is 0 Å². The van der Waals surface area contributed by atoms with Crippen molar-refractivity contribution in [2.75, 3.05) is 27.3 Å². The molecular formula is C17H21N3O4S. The predicted octanol–water partition coefficient (Wildman–Crippen LogP) is 2.86. The maximum atomic E-state index is 12.4. The molecule has 0 saturated carbocycles. The summed E-state index contributed by atoms with van der Waals surface area (Å²) in [5.74, 6) is 1.73. The van der Waals surface area contributed by atoms with Crippen LogP contribution in [0.5, 0.6) is 11.5 Å². The second kappa shape index (κ2) is 7.77. The van der Waals surface area contributed by atoms with E-state index in [1.54, 1.807) is 32.4 Å². The van der Waals surface area contributed by atoms with Crippen LogP contribution in [0.1, 0.15) is 19.8 Å². The molecule has 8 heteroatoms. The average Bonchev–Trinajstić information content (AvgIpc) is 3.32. The lowest BCUT2D eigenvalue weighted by molar-refractivity contribution is -0.129. The van der Waals surface area contributed by atoms with E-state index in [1.807, 2.05) is 11.8 Å². The largest absolute Gasteiger partial charge is 0.497 e. The van der Waals surface area contributed by atoms with Gasteiger partial charge in [0.1, 0.15) is 11.5 Å². The molecule has 1 amide bonds. The van der Waals surface area contributed by atoms with Crippen LogP contribution in [0, 0.1) is 0 Å². The van der Waals surface area contributed by atoms with Gasteiger partial charge in [0.2, 0.25) is 5.91 Å². The lowest BCUT2D eigenvalue weighted by atomic mass is 10.2. The van der Waals surface area contributed by atoms with Crippen LogP contribution < -0.4 is 9.47 Å². The van der Waals surface area contributed by atoms with Crippen LogP contribution in [0.4, 0.5) is 0 Å². The Kier molecular flexibility index (Phi) is 5.47. The molecule has 2 heterocycles. The molecule has 0 spiro atoms. The van der Waals surface area contributed by atoms with Crippen LogP contribution in [-0.4, -0.2) is 53.6 Å². The first-order chi connectivity index (χ1) is 12.1. The quantitative estimate of drug-likeness (QED) is 0.730. The number of aromatic nitrogens is 2. The van der Waals surface area contributed by atoms with Gasteiger partial charge >= 0.3 is 0 Å². The Balaban J connectivity index is 1.73. The Hall–Kier alpha value is -2.22. The molecule has 0 N–H and O–H groups in total. The van der Waals surface area contributed by atoms with Crippen molar-refractivity contribution in [1.29, 1.82) is 0 Å². The molecule has 134 valence electrons.